The largest absolute Gasteiger partial charge is 0.327 e. The Kier molecular flexibility index (Phi) is 7.58. The number of imide groups is 1. The molecule has 2 aliphatic heterocycles. The molecule has 0 bridgehead atoms. The van der Waals surface area contributed by atoms with Gasteiger partial charge in [0.05, 0.1) is 12.6 Å². The molecule has 2 aliphatic carbocycles. The fourth-order valence-corrected chi connectivity index (χ4v) is 7.07. The van der Waals surface area contributed by atoms with Crippen molar-refractivity contribution in [3.8, 4) is 0 Å². The Labute approximate surface area is 193 Å². The first-order chi connectivity index (χ1) is 15.4. The lowest BCUT2D eigenvalue weighted by Gasteiger charge is -2.38. The smallest absolute Gasteiger partial charge is 0.313 e. The predicted octanol–water partition coefficient (Wildman–Crippen LogP) is 4.52. The molecule has 2 saturated carbocycles. The van der Waals surface area contributed by atoms with Crippen molar-refractivity contribution in [2.45, 2.75) is 108 Å². The molecule has 0 radical (unpaired) electrons. The number of nitrogens with one attached hydrogen (secondary N) is 1. The van der Waals surface area contributed by atoms with Crippen LogP contribution in [0.25, 0.3) is 0 Å². The van der Waals surface area contributed by atoms with Gasteiger partial charge in [-0.15, -0.1) is 0 Å². The first-order valence-corrected chi connectivity index (χ1v) is 13.3. The zero-order chi connectivity index (χ0) is 22.7. The number of nitrogens with zero attached hydrogens (tertiary/aromatic N) is 2. The van der Waals surface area contributed by atoms with Gasteiger partial charge in [-0.25, -0.2) is 4.79 Å². The van der Waals surface area contributed by atoms with Crippen molar-refractivity contribution in [2.75, 3.05) is 20.1 Å². The number of amides is 3. The van der Waals surface area contributed by atoms with Gasteiger partial charge in [-0.1, -0.05) is 70.6 Å². The highest BCUT2D eigenvalue weighted by atomic mass is 16.2. The molecule has 180 valence electrons. The summed E-state index contributed by atoms with van der Waals surface area (Å²) >= 11 is 0. The molecule has 0 aromatic heterocycles. The maximum absolute atomic E-state index is 13.5. The zero-order valence-electron chi connectivity index (χ0n) is 20.2. The summed E-state index contributed by atoms with van der Waals surface area (Å²) in [4.78, 5) is 42.9. The first-order valence-electron chi connectivity index (χ1n) is 13.3. The molecule has 3 unspecified atom stereocenters. The lowest BCUT2D eigenvalue weighted by atomic mass is 9.75. The summed E-state index contributed by atoms with van der Waals surface area (Å²) in [5, 5.41) is 3.44. The van der Waals surface area contributed by atoms with Gasteiger partial charge in [0.1, 0.15) is 5.54 Å². The van der Waals surface area contributed by atoms with Crippen LogP contribution in [0.5, 0.6) is 0 Å². The van der Waals surface area contributed by atoms with Gasteiger partial charge in [-0.05, 0) is 50.5 Å². The second-order valence-corrected chi connectivity index (χ2v) is 11.0. The lowest BCUT2D eigenvalue weighted by Crippen LogP contribution is -2.52. The normalized spacial score (nSPS) is 33.9. The van der Waals surface area contributed by atoms with E-state index in [1.807, 2.05) is 6.92 Å². The summed E-state index contributed by atoms with van der Waals surface area (Å²) < 4.78 is 0. The molecule has 6 heteroatoms. The van der Waals surface area contributed by atoms with Crippen LogP contribution in [-0.2, 0) is 9.59 Å². The Morgan fingerprint density at radius 1 is 0.906 bits per heavy atom. The summed E-state index contributed by atoms with van der Waals surface area (Å²) in [6.07, 6.45) is 16.6. The lowest BCUT2D eigenvalue weighted by molar-refractivity contribution is -0.138. The van der Waals surface area contributed by atoms with Crippen LogP contribution in [-0.4, -0.2) is 59.2 Å². The molecule has 6 nitrogen and oxygen atoms in total. The summed E-state index contributed by atoms with van der Waals surface area (Å²) in [5.74, 6) is 0.972. The number of carbonyl (C=O) groups excluding carboxylic acids is 3. The number of Topliss-reactive ketones (excluding diaryl/α,β-unsaturated/α-hetero) is 1. The fraction of sp³-hybridized carbons (Fsp3) is 0.885. The van der Waals surface area contributed by atoms with E-state index in [1.165, 1.54) is 62.7 Å². The highest BCUT2D eigenvalue weighted by Gasteiger charge is 2.57. The quantitative estimate of drug-likeness (QED) is 0.632. The molecule has 4 aliphatic rings. The van der Waals surface area contributed by atoms with Gasteiger partial charge in [-0.2, -0.15) is 0 Å². The summed E-state index contributed by atoms with van der Waals surface area (Å²) in [5.41, 5.74) is -0.807. The van der Waals surface area contributed by atoms with Crippen LogP contribution in [0.1, 0.15) is 96.8 Å². The zero-order valence-corrected chi connectivity index (χ0v) is 20.2. The molecule has 3 amide bonds. The van der Waals surface area contributed by atoms with Crippen LogP contribution in [0.4, 0.5) is 4.79 Å². The van der Waals surface area contributed by atoms with Crippen LogP contribution >= 0.6 is 0 Å². The summed E-state index contributed by atoms with van der Waals surface area (Å²) in [6.45, 7) is 2.70. The minimum Gasteiger partial charge on any atom is -0.313 e. The molecule has 2 saturated heterocycles. The molecule has 4 rings (SSSR count). The van der Waals surface area contributed by atoms with E-state index in [4.69, 9.17) is 0 Å². The topological polar surface area (TPSA) is 69.7 Å². The molecule has 1 N–H and O–H groups in total. The van der Waals surface area contributed by atoms with Crippen molar-refractivity contribution in [3.63, 3.8) is 0 Å². The Bertz CT molecular complexity index is 694. The summed E-state index contributed by atoms with van der Waals surface area (Å²) in [7, 11) is 1.74. The molecule has 0 aromatic carbocycles. The third-order valence-electron chi connectivity index (χ3n) is 9.23. The molecule has 3 atom stereocenters. The average Bonchev–Trinajstić information content (AvgIpc) is 3.39. The highest BCUT2D eigenvalue weighted by molar-refractivity contribution is 6.09. The second kappa shape index (κ2) is 10.2. The van der Waals surface area contributed by atoms with E-state index < -0.39 is 5.54 Å². The van der Waals surface area contributed by atoms with E-state index >= 15 is 0 Å². The number of urea groups is 1. The van der Waals surface area contributed by atoms with Gasteiger partial charge in [0.15, 0.2) is 5.78 Å². The minimum absolute atomic E-state index is 0.0235. The third kappa shape index (κ3) is 4.49. The standard InChI is InChI=1S/C26H43N3O3/c1-26(20-14-10-7-11-15-20)24(31)29(25(32)28(26)2)18-22(30)23-21(16-17-27-23)19-12-8-5-3-4-6-9-13-19/h19-21,23,27H,3-18H2,1-2H3. The Balaban J connectivity index is 1.44. The van der Waals surface area contributed by atoms with E-state index in [1.54, 1.807) is 11.9 Å². The maximum atomic E-state index is 13.5. The van der Waals surface area contributed by atoms with Crippen molar-refractivity contribution in [1.82, 2.24) is 15.1 Å². The number of ketones is 1. The van der Waals surface area contributed by atoms with Crippen molar-refractivity contribution in [2.24, 2.45) is 17.8 Å². The van der Waals surface area contributed by atoms with Gasteiger partial charge >= 0.3 is 6.03 Å². The Morgan fingerprint density at radius 3 is 2.12 bits per heavy atom. The monoisotopic (exact) mass is 445 g/mol. The molecule has 4 fully saturated rings. The first kappa shape index (κ1) is 23.7. The van der Waals surface area contributed by atoms with Gasteiger partial charge in [-0.3, -0.25) is 14.5 Å². The van der Waals surface area contributed by atoms with Crippen molar-refractivity contribution < 1.29 is 14.4 Å². The van der Waals surface area contributed by atoms with E-state index in [0.717, 1.165) is 38.6 Å². The Hall–Kier alpha value is -1.43. The van der Waals surface area contributed by atoms with Gasteiger partial charge in [0.2, 0.25) is 0 Å². The van der Waals surface area contributed by atoms with Crippen LogP contribution in [0.15, 0.2) is 0 Å². The van der Waals surface area contributed by atoms with Crippen molar-refractivity contribution in [1.29, 1.82) is 0 Å². The molecule has 0 aromatic rings. The average molecular weight is 446 g/mol. The number of carbonyl (C=O) groups is 3. The van der Waals surface area contributed by atoms with Gasteiger partial charge in [0.25, 0.3) is 5.91 Å². The molecule has 0 spiro atoms. The molecular weight excluding hydrogens is 402 g/mol. The Morgan fingerprint density at radius 2 is 1.47 bits per heavy atom. The van der Waals surface area contributed by atoms with E-state index in [0.29, 0.717) is 11.8 Å². The predicted molar refractivity (Wildman–Crippen MR) is 125 cm³/mol. The van der Waals surface area contributed by atoms with E-state index in [-0.39, 0.29) is 36.2 Å². The van der Waals surface area contributed by atoms with Crippen molar-refractivity contribution in [3.05, 3.63) is 0 Å². The highest BCUT2D eigenvalue weighted by Crippen LogP contribution is 2.41. The molecular formula is C26H43N3O3. The van der Waals surface area contributed by atoms with E-state index in [9.17, 15) is 14.4 Å². The van der Waals surface area contributed by atoms with Gasteiger partial charge in [0, 0.05) is 7.05 Å². The van der Waals surface area contributed by atoms with Crippen LogP contribution in [0, 0.1) is 17.8 Å². The van der Waals surface area contributed by atoms with Crippen LogP contribution in [0.3, 0.4) is 0 Å². The van der Waals surface area contributed by atoms with Gasteiger partial charge < -0.3 is 10.2 Å². The second-order valence-electron chi connectivity index (χ2n) is 11.0. The SMILES string of the molecule is CN1C(=O)N(CC(=O)C2NCCC2C2CCCCCCCC2)C(=O)C1(C)C1CCCCC1. The fourth-order valence-electron chi connectivity index (χ4n) is 7.07. The number of hydrogen-bond donors (Lipinski definition) is 1. The van der Waals surface area contributed by atoms with Crippen LogP contribution in [0.2, 0.25) is 0 Å². The van der Waals surface area contributed by atoms with Crippen molar-refractivity contribution >= 4 is 17.7 Å². The number of likely N-dealkylation sites (N-methyl/N-ethyl adjacent to an activating group) is 1. The summed E-state index contributed by atoms with van der Waals surface area (Å²) in [6, 6.07) is -0.512. The molecule has 32 heavy (non-hydrogen) atoms. The minimum atomic E-state index is -0.807. The maximum Gasteiger partial charge on any atom is 0.327 e. The number of rotatable bonds is 5. The third-order valence-corrected chi connectivity index (χ3v) is 9.23. The van der Waals surface area contributed by atoms with E-state index in [2.05, 4.69) is 5.32 Å². The number of hydrogen-bond acceptors (Lipinski definition) is 4. The van der Waals surface area contributed by atoms with Crippen LogP contribution < -0.4 is 5.32 Å². The molecule has 2 heterocycles.